The second-order valence-corrected chi connectivity index (χ2v) is 11.5. The molecule has 1 saturated carbocycles. The van der Waals surface area contributed by atoms with E-state index in [1.165, 1.54) is 28.5 Å². The third kappa shape index (κ3) is 5.34. The lowest BCUT2D eigenvalue weighted by Gasteiger charge is -2.47. The second kappa shape index (κ2) is 10.3. The highest BCUT2D eigenvalue weighted by atomic mass is 32.2. The quantitative estimate of drug-likeness (QED) is 0.701. The fraction of sp³-hybridized carbons (Fsp3) is 0.667. The topological polar surface area (TPSA) is 86.8 Å². The smallest absolute Gasteiger partial charge is 0.247 e. The van der Waals surface area contributed by atoms with E-state index in [9.17, 15) is 18.0 Å². The Morgan fingerprint density at radius 2 is 1.75 bits per heavy atom. The maximum absolute atomic E-state index is 13.7. The van der Waals surface area contributed by atoms with Crippen LogP contribution in [0, 0.1) is 6.92 Å². The molecule has 2 aliphatic rings. The third-order valence-corrected chi connectivity index (χ3v) is 8.65. The summed E-state index contributed by atoms with van der Waals surface area (Å²) in [6.45, 7) is 5.10. The van der Waals surface area contributed by atoms with Crippen LogP contribution in [0.1, 0.15) is 70.8 Å². The molecule has 1 aromatic rings. The highest BCUT2D eigenvalue weighted by Gasteiger charge is 2.51. The summed E-state index contributed by atoms with van der Waals surface area (Å²) in [6.07, 6.45) is 7.99. The molecule has 0 radical (unpaired) electrons. The van der Waals surface area contributed by atoms with Crippen LogP contribution >= 0.6 is 0 Å². The first-order valence-corrected chi connectivity index (χ1v) is 13.5. The van der Waals surface area contributed by atoms with Gasteiger partial charge in [-0.15, -0.1) is 0 Å². The first-order chi connectivity index (χ1) is 15.2. The maximum atomic E-state index is 13.7. The predicted octanol–water partition coefficient (Wildman–Crippen LogP) is 3.37. The van der Waals surface area contributed by atoms with Gasteiger partial charge in [-0.3, -0.25) is 14.5 Å². The molecule has 1 atom stereocenters. The van der Waals surface area contributed by atoms with E-state index in [2.05, 4.69) is 5.32 Å². The van der Waals surface area contributed by atoms with Crippen molar-refractivity contribution in [2.45, 2.75) is 83.7 Å². The Hall–Kier alpha value is -1.93. The summed E-state index contributed by atoms with van der Waals surface area (Å²) in [5.41, 5.74) is 0.195. The Balaban J connectivity index is 1.96. The van der Waals surface area contributed by atoms with Crippen molar-refractivity contribution in [2.24, 2.45) is 0 Å². The van der Waals surface area contributed by atoms with Crippen LogP contribution in [0.4, 0.5) is 5.69 Å². The minimum absolute atomic E-state index is 0.0367. The van der Waals surface area contributed by atoms with E-state index >= 15 is 0 Å². The summed E-state index contributed by atoms with van der Waals surface area (Å²) in [7, 11) is -3.62. The lowest BCUT2D eigenvalue weighted by Crippen LogP contribution is -2.71. The van der Waals surface area contributed by atoms with Gasteiger partial charge in [0, 0.05) is 18.3 Å². The Kier molecular flexibility index (Phi) is 7.98. The van der Waals surface area contributed by atoms with E-state index < -0.39 is 15.6 Å². The number of carbonyl (C=O) groups is 2. The number of benzene rings is 1. The number of piperazine rings is 1. The monoisotopic (exact) mass is 463 g/mol. The Bertz CT molecular complexity index is 925. The fourth-order valence-corrected chi connectivity index (χ4v) is 6.41. The van der Waals surface area contributed by atoms with E-state index in [1.807, 2.05) is 31.2 Å². The summed E-state index contributed by atoms with van der Waals surface area (Å²) in [6, 6.07) is 7.50. The number of amides is 2. The van der Waals surface area contributed by atoms with E-state index in [-0.39, 0.29) is 36.7 Å². The van der Waals surface area contributed by atoms with Crippen molar-refractivity contribution in [3.05, 3.63) is 29.8 Å². The zero-order valence-electron chi connectivity index (χ0n) is 19.6. The molecule has 8 heteroatoms. The van der Waals surface area contributed by atoms with Crippen molar-refractivity contribution in [3.63, 3.8) is 0 Å². The van der Waals surface area contributed by atoms with Crippen molar-refractivity contribution in [3.8, 4) is 0 Å². The summed E-state index contributed by atoms with van der Waals surface area (Å²) in [5, 5.41) is 3.19. The Labute approximate surface area is 192 Å². The molecule has 1 heterocycles. The molecule has 2 amide bonds. The molecule has 1 N–H and O–H groups in total. The zero-order valence-corrected chi connectivity index (χ0v) is 20.4. The van der Waals surface area contributed by atoms with E-state index in [0.29, 0.717) is 12.1 Å². The molecule has 1 aliphatic carbocycles. The zero-order chi connectivity index (χ0) is 23.4. The molecule has 3 rings (SSSR count). The van der Waals surface area contributed by atoms with Gasteiger partial charge in [-0.2, -0.15) is 4.31 Å². The molecule has 1 aliphatic heterocycles. The number of hydrogen-bond acceptors (Lipinski definition) is 4. The molecular weight excluding hydrogens is 426 g/mol. The molecule has 1 unspecified atom stereocenters. The van der Waals surface area contributed by atoms with Gasteiger partial charge < -0.3 is 5.32 Å². The predicted molar refractivity (Wildman–Crippen MR) is 127 cm³/mol. The van der Waals surface area contributed by atoms with E-state index in [1.54, 1.807) is 13.8 Å². The highest BCUT2D eigenvalue weighted by molar-refractivity contribution is 7.89. The van der Waals surface area contributed by atoms with Crippen LogP contribution in [-0.2, 0) is 19.6 Å². The molecule has 178 valence electrons. The van der Waals surface area contributed by atoms with Gasteiger partial charge in [-0.1, -0.05) is 57.2 Å². The number of rotatable bonds is 6. The number of para-hydroxylation sites is 1. The van der Waals surface area contributed by atoms with Gasteiger partial charge in [-0.05, 0) is 44.7 Å². The number of sulfonamides is 1. The van der Waals surface area contributed by atoms with E-state index in [4.69, 9.17) is 0 Å². The minimum Gasteiger partial charge on any atom is -0.351 e. The second-order valence-electron chi connectivity index (χ2n) is 9.39. The molecule has 1 aromatic carbocycles. The van der Waals surface area contributed by atoms with Crippen molar-refractivity contribution in [1.82, 2.24) is 9.62 Å². The van der Waals surface area contributed by atoms with Crippen LogP contribution in [0.25, 0.3) is 0 Å². The molecule has 1 saturated heterocycles. The van der Waals surface area contributed by atoms with Crippen LogP contribution < -0.4 is 10.2 Å². The van der Waals surface area contributed by atoms with Crippen LogP contribution in [0.5, 0.6) is 0 Å². The van der Waals surface area contributed by atoms with Crippen LogP contribution in [0.2, 0.25) is 0 Å². The molecule has 32 heavy (non-hydrogen) atoms. The van der Waals surface area contributed by atoms with Crippen molar-refractivity contribution < 1.29 is 18.0 Å². The lowest BCUT2D eigenvalue weighted by atomic mass is 9.91. The molecule has 2 fully saturated rings. The van der Waals surface area contributed by atoms with Crippen molar-refractivity contribution >= 4 is 27.5 Å². The Morgan fingerprint density at radius 3 is 2.38 bits per heavy atom. The van der Waals surface area contributed by atoms with Gasteiger partial charge in [0.05, 0.1) is 12.3 Å². The largest absolute Gasteiger partial charge is 0.351 e. The molecule has 0 spiro atoms. The maximum Gasteiger partial charge on any atom is 0.247 e. The van der Waals surface area contributed by atoms with Crippen LogP contribution in [0.3, 0.4) is 0 Å². The number of aryl methyl sites for hydroxylation is 1. The lowest BCUT2D eigenvalue weighted by molar-refractivity contribution is -0.133. The number of nitrogens with zero attached hydrogens (tertiary/aromatic N) is 2. The minimum atomic E-state index is -3.62. The number of carbonyl (C=O) groups excluding carboxylic acids is 2. The summed E-state index contributed by atoms with van der Waals surface area (Å²) in [4.78, 5) is 28.6. The number of hydrogen-bond donors (Lipinski definition) is 1. The van der Waals surface area contributed by atoms with E-state index in [0.717, 1.165) is 31.2 Å². The van der Waals surface area contributed by atoms with Gasteiger partial charge in [0.2, 0.25) is 21.8 Å². The summed E-state index contributed by atoms with van der Waals surface area (Å²) in [5.74, 6) is -0.693. The molecular formula is C24H37N3O4S. The van der Waals surface area contributed by atoms with Gasteiger partial charge in [-0.25, -0.2) is 8.42 Å². The molecule has 0 bridgehead atoms. The first kappa shape index (κ1) is 24.7. The van der Waals surface area contributed by atoms with Crippen molar-refractivity contribution in [1.29, 1.82) is 0 Å². The number of nitrogens with one attached hydrogen (secondary N) is 1. The van der Waals surface area contributed by atoms with Crippen molar-refractivity contribution in [2.75, 3.05) is 23.7 Å². The Morgan fingerprint density at radius 1 is 1.12 bits per heavy atom. The van der Waals surface area contributed by atoms with Crippen LogP contribution in [-0.4, -0.2) is 55.0 Å². The number of anilines is 1. The SMILES string of the molecule is CCCS(=O)(=O)N1CC(=O)N(c2ccccc2C)C(C)(C(=O)NC2CCCCCCC2)C1. The third-order valence-electron chi connectivity index (χ3n) is 6.68. The normalized spacial score (nSPS) is 24.1. The van der Waals surface area contributed by atoms with Gasteiger partial charge >= 0.3 is 0 Å². The standard InChI is InChI=1S/C24H37N3O4S/c1-4-16-32(30,31)26-17-22(28)27(21-15-11-10-12-19(21)2)24(3,18-26)23(29)25-20-13-8-6-5-7-9-14-20/h10-12,15,20H,4-9,13-14,16-18H2,1-3H3,(H,25,29). The van der Waals surface area contributed by atoms with Crippen LogP contribution in [0.15, 0.2) is 24.3 Å². The van der Waals surface area contributed by atoms with Gasteiger partial charge in [0.1, 0.15) is 5.54 Å². The average molecular weight is 464 g/mol. The first-order valence-electron chi connectivity index (χ1n) is 11.9. The fourth-order valence-electron chi connectivity index (χ4n) is 4.88. The van der Waals surface area contributed by atoms with Gasteiger partial charge in [0.25, 0.3) is 0 Å². The highest BCUT2D eigenvalue weighted by Crippen LogP contribution is 2.33. The summed E-state index contributed by atoms with van der Waals surface area (Å²) >= 11 is 0. The van der Waals surface area contributed by atoms with Gasteiger partial charge in [0.15, 0.2) is 0 Å². The summed E-state index contributed by atoms with van der Waals surface area (Å²) < 4.78 is 26.9. The molecule has 0 aromatic heterocycles. The molecule has 7 nitrogen and oxygen atoms in total. The average Bonchev–Trinajstić information content (AvgIpc) is 2.70.